The van der Waals surface area contributed by atoms with E-state index in [2.05, 4.69) is 0 Å². The quantitative estimate of drug-likeness (QED) is 0.685. The summed E-state index contributed by atoms with van der Waals surface area (Å²) in [5, 5.41) is 2.50. The molecular formula is C13H15F2O3PS. The van der Waals surface area contributed by atoms with Crippen LogP contribution in [-0.4, -0.2) is 13.2 Å². The van der Waals surface area contributed by atoms with Crippen molar-refractivity contribution >= 4 is 29.0 Å². The van der Waals surface area contributed by atoms with Crippen LogP contribution in [0.1, 0.15) is 19.4 Å². The zero-order valence-electron chi connectivity index (χ0n) is 11.1. The van der Waals surface area contributed by atoms with Crippen molar-refractivity contribution in [1.82, 2.24) is 0 Å². The van der Waals surface area contributed by atoms with Gasteiger partial charge in [0.05, 0.1) is 13.2 Å². The lowest BCUT2D eigenvalue weighted by Gasteiger charge is -2.26. The maximum atomic E-state index is 14.5. The first-order valence-electron chi connectivity index (χ1n) is 6.19. The fourth-order valence-corrected chi connectivity index (χ4v) is 4.16. The first kappa shape index (κ1) is 15.6. The van der Waals surface area contributed by atoms with Gasteiger partial charge in [0.15, 0.2) is 0 Å². The molecule has 20 heavy (non-hydrogen) atoms. The van der Waals surface area contributed by atoms with Gasteiger partial charge in [-0.3, -0.25) is 4.57 Å². The summed E-state index contributed by atoms with van der Waals surface area (Å²) < 4.78 is 51.8. The molecule has 0 aliphatic carbocycles. The lowest BCUT2D eigenvalue weighted by atomic mass is 10.2. The first-order chi connectivity index (χ1) is 9.44. The van der Waals surface area contributed by atoms with E-state index in [1.165, 1.54) is 37.3 Å². The third-order valence-electron chi connectivity index (χ3n) is 2.74. The van der Waals surface area contributed by atoms with Crippen molar-refractivity contribution in [2.24, 2.45) is 0 Å². The van der Waals surface area contributed by atoms with Crippen LogP contribution in [0.15, 0.2) is 29.6 Å². The SMILES string of the molecule is CCOP(=O)(OCC)C(F)(F)c1ccc2sccc2c1. The highest BCUT2D eigenvalue weighted by atomic mass is 32.1. The van der Waals surface area contributed by atoms with Crippen molar-refractivity contribution < 1.29 is 22.4 Å². The van der Waals surface area contributed by atoms with Gasteiger partial charge in [0.25, 0.3) is 0 Å². The third-order valence-corrected chi connectivity index (χ3v) is 5.78. The summed E-state index contributed by atoms with van der Waals surface area (Å²) in [6.45, 7) is 2.80. The molecule has 0 saturated heterocycles. The number of halogens is 2. The Balaban J connectivity index is 2.47. The van der Waals surface area contributed by atoms with E-state index in [1.54, 1.807) is 12.1 Å². The Labute approximate surface area is 120 Å². The van der Waals surface area contributed by atoms with Crippen LogP contribution < -0.4 is 0 Å². The Morgan fingerprint density at radius 2 is 1.85 bits per heavy atom. The fraction of sp³-hybridized carbons (Fsp3) is 0.385. The lowest BCUT2D eigenvalue weighted by Crippen LogP contribution is -2.18. The van der Waals surface area contributed by atoms with Crippen molar-refractivity contribution in [3.8, 4) is 0 Å². The summed E-state index contributed by atoms with van der Waals surface area (Å²) in [4.78, 5) is 0. The zero-order chi connectivity index (χ0) is 14.8. The van der Waals surface area contributed by atoms with Crippen molar-refractivity contribution in [3.63, 3.8) is 0 Å². The third kappa shape index (κ3) is 2.66. The summed E-state index contributed by atoms with van der Waals surface area (Å²) in [6.07, 6.45) is 0. The number of thiophene rings is 1. The normalized spacial score (nSPS) is 13.0. The highest BCUT2D eigenvalue weighted by Gasteiger charge is 2.54. The van der Waals surface area contributed by atoms with Gasteiger partial charge in [-0.15, -0.1) is 11.3 Å². The molecule has 7 heteroatoms. The molecule has 0 bridgehead atoms. The summed E-state index contributed by atoms with van der Waals surface area (Å²) in [6, 6.07) is 5.93. The molecule has 0 amide bonds. The van der Waals surface area contributed by atoms with Crippen LogP contribution in [0.25, 0.3) is 10.1 Å². The predicted molar refractivity (Wildman–Crippen MR) is 76.6 cm³/mol. The van der Waals surface area contributed by atoms with Crippen LogP contribution in [0.4, 0.5) is 8.78 Å². The molecule has 110 valence electrons. The molecule has 2 aromatic rings. The molecule has 0 aliphatic heterocycles. The number of fused-ring (bicyclic) bond motifs is 1. The van der Waals surface area contributed by atoms with E-state index in [0.717, 1.165) is 4.70 Å². The van der Waals surface area contributed by atoms with Crippen LogP contribution >= 0.6 is 18.9 Å². The molecular weight excluding hydrogens is 305 g/mol. The van der Waals surface area contributed by atoms with Crippen molar-refractivity contribution in [2.75, 3.05) is 13.2 Å². The predicted octanol–water partition coefficient (Wildman–Crippen LogP) is 5.22. The van der Waals surface area contributed by atoms with Gasteiger partial charge in [0, 0.05) is 10.3 Å². The van der Waals surface area contributed by atoms with Gasteiger partial charge < -0.3 is 9.05 Å². The van der Waals surface area contributed by atoms with E-state index in [1.807, 2.05) is 5.38 Å². The van der Waals surface area contributed by atoms with Gasteiger partial charge in [-0.25, -0.2) is 0 Å². The minimum atomic E-state index is -4.53. The van der Waals surface area contributed by atoms with Gasteiger partial charge in [0.1, 0.15) is 0 Å². The van der Waals surface area contributed by atoms with E-state index >= 15 is 0 Å². The zero-order valence-corrected chi connectivity index (χ0v) is 12.8. The van der Waals surface area contributed by atoms with Gasteiger partial charge in [-0.05, 0) is 42.8 Å². The molecule has 1 aromatic carbocycles. The maximum Gasteiger partial charge on any atom is 0.404 e. The number of alkyl halides is 2. The molecule has 0 N–H and O–H groups in total. The molecule has 0 atom stereocenters. The van der Waals surface area contributed by atoms with Crippen LogP contribution in [0.3, 0.4) is 0 Å². The minimum Gasteiger partial charge on any atom is -0.304 e. The molecule has 0 aliphatic rings. The molecule has 0 radical (unpaired) electrons. The number of rotatable bonds is 6. The van der Waals surface area contributed by atoms with Crippen LogP contribution in [0.2, 0.25) is 0 Å². The van der Waals surface area contributed by atoms with E-state index in [-0.39, 0.29) is 18.8 Å². The molecule has 0 saturated carbocycles. The van der Waals surface area contributed by atoms with E-state index in [9.17, 15) is 13.3 Å². The number of benzene rings is 1. The maximum absolute atomic E-state index is 14.5. The molecule has 0 fully saturated rings. The Morgan fingerprint density at radius 1 is 1.20 bits per heavy atom. The van der Waals surface area contributed by atoms with E-state index < -0.39 is 13.3 Å². The smallest absolute Gasteiger partial charge is 0.304 e. The summed E-state index contributed by atoms with van der Waals surface area (Å²) in [5.41, 5.74) is -4.02. The highest BCUT2D eigenvalue weighted by Crippen LogP contribution is 2.66. The number of hydrogen-bond acceptors (Lipinski definition) is 4. The topological polar surface area (TPSA) is 35.5 Å². The lowest BCUT2D eigenvalue weighted by molar-refractivity contribution is 0.0362. The molecule has 0 spiro atoms. The van der Waals surface area contributed by atoms with Crippen molar-refractivity contribution in [3.05, 3.63) is 35.2 Å². The van der Waals surface area contributed by atoms with Gasteiger partial charge >= 0.3 is 13.3 Å². The Morgan fingerprint density at radius 3 is 2.45 bits per heavy atom. The summed E-state index contributed by atoms with van der Waals surface area (Å²) in [7, 11) is -4.53. The second-order valence-electron chi connectivity index (χ2n) is 4.05. The second kappa shape index (κ2) is 5.90. The van der Waals surface area contributed by atoms with Crippen molar-refractivity contribution in [1.29, 1.82) is 0 Å². The number of hydrogen-bond donors (Lipinski definition) is 0. The molecule has 1 aromatic heterocycles. The fourth-order valence-electron chi connectivity index (χ4n) is 1.85. The van der Waals surface area contributed by atoms with E-state index in [4.69, 9.17) is 9.05 Å². The average molecular weight is 320 g/mol. The molecule has 3 nitrogen and oxygen atoms in total. The monoisotopic (exact) mass is 320 g/mol. The Kier molecular flexibility index (Phi) is 4.59. The largest absolute Gasteiger partial charge is 0.404 e. The molecule has 2 rings (SSSR count). The van der Waals surface area contributed by atoms with E-state index in [0.29, 0.717) is 5.39 Å². The minimum absolute atomic E-state index is 0.104. The van der Waals surface area contributed by atoms with Crippen LogP contribution in [0.5, 0.6) is 0 Å². The van der Waals surface area contributed by atoms with Gasteiger partial charge in [-0.2, -0.15) is 8.78 Å². The highest BCUT2D eigenvalue weighted by molar-refractivity contribution is 7.54. The molecule has 1 heterocycles. The first-order valence-corrected chi connectivity index (χ1v) is 8.61. The summed E-state index contributed by atoms with van der Waals surface area (Å²) in [5.74, 6) is 0. The van der Waals surface area contributed by atoms with Gasteiger partial charge in [0.2, 0.25) is 0 Å². The van der Waals surface area contributed by atoms with Gasteiger partial charge in [-0.1, -0.05) is 6.07 Å². The Bertz CT molecular complexity index is 631. The van der Waals surface area contributed by atoms with Crippen LogP contribution in [-0.2, 0) is 19.3 Å². The van der Waals surface area contributed by atoms with Crippen molar-refractivity contribution in [2.45, 2.75) is 19.5 Å². The second-order valence-corrected chi connectivity index (χ2v) is 7.07. The summed E-state index contributed by atoms with van der Waals surface area (Å²) >= 11 is 1.46. The molecule has 0 unspecified atom stereocenters. The average Bonchev–Trinajstić information content (AvgIpc) is 2.86. The Hall–Kier alpha value is -0.810. The van der Waals surface area contributed by atoms with Crippen LogP contribution in [0, 0.1) is 0 Å². The standard InChI is InChI=1S/C13H15F2O3PS/c1-3-17-19(16,18-4-2)13(14,15)11-5-6-12-10(9-11)7-8-20-12/h5-9H,3-4H2,1-2H3.